The first-order chi connectivity index (χ1) is 27.2. The van der Waals surface area contributed by atoms with E-state index in [-0.39, 0.29) is 0 Å². The summed E-state index contributed by atoms with van der Waals surface area (Å²) in [5.41, 5.74) is 13.1. The lowest BCUT2D eigenvalue weighted by molar-refractivity contribution is 1.07. The van der Waals surface area contributed by atoms with E-state index in [0.29, 0.717) is 17.5 Å². The van der Waals surface area contributed by atoms with Crippen LogP contribution in [0, 0.1) is 0 Å². The molecule has 0 bridgehead atoms. The second-order valence-electron chi connectivity index (χ2n) is 13.7. The third kappa shape index (κ3) is 6.16. The molecule has 0 saturated heterocycles. The van der Waals surface area contributed by atoms with Crippen LogP contribution in [0.25, 0.3) is 95.0 Å². The largest absolute Gasteiger partial charge is 0.309 e. The summed E-state index contributed by atoms with van der Waals surface area (Å²) in [6.07, 6.45) is 0. The molecule has 0 fully saturated rings. The standard InChI is InChI=1S/C51H34N4/c1-4-13-35(14-5-1)38-23-25-39(26-24-38)49-52-50(54-51(53-49)43-20-12-19-41(33-43)36-15-6-2-7-16-36)40-27-30-44(31-28-40)55-47-22-11-10-21-45(47)46-32-29-42(34-48(46)55)37-17-8-3-9-18-37/h1-34H. The van der Waals surface area contributed by atoms with Crippen LogP contribution in [0.1, 0.15) is 0 Å². The van der Waals surface area contributed by atoms with Crippen LogP contribution in [-0.4, -0.2) is 19.5 Å². The van der Waals surface area contributed by atoms with Gasteiger partial charge >= 0.3 is 0 Å². The fourth-order valence-corrected chi connectivity index (χ4v) is 7.49. The molecule has 0 spiro atoms. The van der Waals surface area contributed by atoms with Crippen LogP contribution in [0.15, 0.2) is 206 Å². The molecule has 0 aliphatic carbocycles. The van der Waals surface area contributed by atoms with Gasteiger partial charge in [-0.25, -0.2) is 15.0 Å². The summed E-state index contributed by atoms with van der Waals surface area (Å²) in [6, 6.07) is 72.2. The van der Waals surface area contributed by atoms with Crippen molar-refractivity contribution >= 4 is 21.8 Å². The highest BCUT2D eigenvalue weighted by atomic mass is 15.0. The Morgan fingerprint density at radius 2 is 0.655 bits per heavy atom. The Balaban J connectivity index is 1.08. The number of hydrogen-bond donors (Lipinski definition) is 0. The molecule has 0 aliphatic rings. The third-order valence-corrected chi connectivity index (χ3v) is 10.3. The van der Waals surface area contributed by atoms with Crippen LogP contribution in [0.3, 0.4) is 0 Å². The number of hydrogen-bond acceptors (Lipinski definition) is 3. The van der Waals surface area contributed by atoms with Gasteiger partial charge in [-0.2, -0.15) is 0 Å². The molecule has 0 radical (unpaired) electrons. The topological polar surface area (TPSA) is 43.6 Å². The maximum Gasteiger partial charge on any atom is 0.164 e. The summed E-state index contributed by atoms with van der Waals surface area (Å²) in [5.74, 6) is 1.88. The Morgan fingerprint density at radius 3 is 1.27 bits per heavy atom. The fourth-order valence-electron chi connectivity index (χ4n) is 7.49. The van der Waals surface area contributed by atoms with Gasteiger partial charge in [-0.1, -0.05) is 164 Å². The minimum Gasteiger partial charge on any atom is -0.309 e. The first-order valence-corrected chi connectivity index (χ1v) is 18.5. The summed E-state index contributed by atoms with van der Waals surface area (Å²) in [5, 5.41) is 2.45. The van der Waals surface area contributed by atoms with Gasteiger partial charge in [-0.05, 0) is 75.8 Å². The SMILES string of the molecule is c1ccc(-c2ccc(-c3nc(-c4ccc(-n5c6ccccc6c6ccc(-c7ccccc7)cc65)cc4)nc(-c4cccc(-c5ccccc5)c4)n3)cc2)cc1. The van der Waals surface area contributed by atoms with E-state index < -0.39 is 0 Å². The predicted octanol–water partition coefficient (Wildman–Crippen LogP) is 13.0. The molecule has 4 nitrogen and oxygen atoms in total. The molecule has 258 valence electrons. The maximum absolute atomic E-state index is 5.11. The van der Waals surface area contributed by atoms with Crippen molar-refractivity contribution in [1.82, 2.24) is 19.5 Å². The number of rotatable bonds is 7. The minimum atomic E-state index is 0.623. The summed E-state index contributed by atoms with van der Waals surface area (Å²) >= 11 is 0. The Labute approximate surface area is 319 Å². The number of benzene rings is 8. The molecule has 0 saturated carbocycles. The van der Waals surface area contributed by atoms with E-state index in [0.717, 1.165) is 50.1 Å². The van der Waals surface area contributed by atoms with Gasteiger partial charge in [0, 0.05) is 33.2 Å². The lowest BCUT2D eigenvalue weighted by Gasteiger charge is -2.12. The monoisotopic (exact) mass is 702 g/mol. The number of aromatic nitrogens is 4. The number of nitrogens with zero attached hydrogens (tertiary/aromatic N) is 4. The van der Waals surface area contributed by atoms with Crippen LogP contribution < -0.4 is 0 Å². The first kappa shape index (κ1) is 32.2. The average molecular weight is 703 g/mol. The van der Waals surface area contributed by atoms with Crippen molar-refractivity contribution in [3.8, 4) is 73.2 Å². The first-order valence-electron chi connectivity index (χ1n) is 18.5. The van der Waals surface area contributed by atoms with Gasteiger partial charge in [0.15, 0.2) is 17.5 Å². The zero-order valence-electron chi connectivity index (χ0n) is 29.9. The maximum atomic E-state index is 5.11. The molecule has 0 aliphatic heterocycles. The van der Waals surface area contributed by atoms with E-state index in [1.807, 2.05) is 12.1 Å². The van der Waals surface area contributed by atoms with E-state index >= 15 is 0 Å². The Kier molecular flexibility index (Phi) is 8.12. The van der Waals surface area contributed by atoms with Crippen molar-refractivity contribution in [1.29, 1.82) is 0 Å². The van der Waals surface area contributed by atoms with E-state index in [1.165, 1.54) is 27.5 Å². The second-order valence-corrected chi connectivity index (χ2v) is 13.7. The Hall–Kier alpha value is -7.43. The Morgan fingerprint density at radius 1 is 0.255 bits per heavy atom. The average Bonchev–Trinajstić information content (AvgIpc) is 3.61. The van der Waals surface area contributed by atoms with Crippen molar-refractivity contribution in [3.63, 3.8) is 0 Å². The summed E-state index contributed by atoms with van der Waals surface area (Å²) in [4.78, 5) is 15.3. The zero-order valence-corrected chi connectivity index (χ0v) is 29.9. The van der Waals surface area contributed by atoms with Gasteiger partial charge in [0.2, 0.25) is 0 Å². The van der Waals surface area contributed by atoms with Crippen molar-refractivity contribution in [2.24, 2.45) is 0 Å². The van der Waals surface area contributed by atoms with Gasteiger partial charge in [-0.15, -0.1) is 0 Å². The highest BCUT2D eigenvalue weighted by molar-refractivity contribution is 6.10. The minimum absolute atomic E-state index is 0.623. The third-order valence-electron chi connectivity index (χ3n) is 10.3. The van der Waals surface area contributed by atoms with E-state index in [4.69, 9.17) is 15.0 Å². The molecule has 0 atom stereocenters. The number of fused-ring (bicyclic) bond motifs is 3. The summed E-state index contributed by atoms with van der Waals surface area (Å²) in [7, 11) is 0. The molecular weight excluding hydrogens is 669 g/mol. The molecule has 0 unspecified atom stereocenters. The lowest BCUT2D eigenvalue weighted by Crippen LogP contribution is -2.01. The van der Waals surface area contributed by atoms with Crippen LogP contribution in [0.5, 0.6) is 0 Å². The fraction of sp³-hybridized carbons (Fsp3) is 0. The normalized spacial score (nSPS) is 11.3. The molecular formula is C51H34N4. The van der Waals surface area contributed by atoms with E-state index in [1.54, 1.807) is 0 Å². The second kappa shape index (κ2) is 13.8. The van der Waals surface area contributed by atoms with Gasteiger partial charge < -0.3 is 4.57 Å². The molecule has 4 heteroatoms. The smallest absolute Gasteiger partial charge is 0.164 e. The van der Waals surface area contributed by atoms with Crippen molar-refractivity contribution in [2.75, 3.05) is 0 Å². The highest BCUT2D eigenvalue weighted by Gasteiger charge is 2.16. The van der Waals surface area contributed by atoms with Gasteiger partial charge in [-0.3, -0.25) is 0 Å². The molecule has 2 heterocycles. The van der Waals surface area contributed by atoms with E-state index in [2.05, 4.69) is 199 Å². The quantitative estimate of drug-likeness (QED) is 0.166. The van der Waals surface area contributed by atoms with Crippen LogP contribution in [0.2, 0.25) is 0 Å². The molecule has 8 aromatic carbocycles. The molecule has 2 aromatic heterocycles. The summed E-state index contributed by atoms with van der Waals surface area (Å²) < 4.78 is 2.36. The van der Waals surface area contributed by atoms with Crippen LogP contribution in [0.4, 0.5) is 0 Å². The molecule has 10 rings (SSSR count). The predicted molar refractivity (Wildman–Crippen MR) is 227 cm³/mol. The van der Waals surface area contributed by atoms with Crippen molar-refractivity contribution in [3.05, 3.63) is 206 Å². The molecule has 0 N–H and O–H groups in total. The van der Waals surface area contributed by atoms with Crippen LogP contribution in [-0.2, 0) is 0 Å². The van der Waals surface area contributed by atoms with Crippen molar-refractivity contribution < 1.29 is 0 Å². The molecule has 0 amide bonds. The Bertz CT molecular complexity index is 2930. The number of para-hydroxylation sites is 1. The molecule has 55 heavy (non-hydrogen) atoms. The van der Waals surface area contributed by atoms with Gasteiger partial charge in [0.25, 0.3) is 0 Å². The lowest BCUT2D eigenvalue weighted by atomic mass is 10.0. The zero-order chi connectivity index (χ0) is 36.6. The van der Waals surface area contributed by atoms with Crippen LogP contribution >= 0.6 is 0 Å². The summed E-state index contributed by atoms with van der Waals surface area (Å²) in [6.45, 7) is 0. The van der Waals surface area contributed by atoms with Gasteiger partial charge in [0.05, 0.1) is 11.0 Å². The van der Waals surface area contributed by atoms with E-state index in [9.17, 15) is 0 Å². The van der Waals surface area contributed by atoms with Gasteiger partial charge in [0.1, 0.15) is 0 Å². The molecule has 10 aromatic rings. The van der Waals surface area contributed by atoms with Crippen molar-refractivity contribution in [2.45, 2.75) is 0 Å². The highest BCUT2D eigenvalue weighted by Crippen LogP contribution is 2.36.